The highest BCUT2D eigenvalue weighted by molar-refractivity contribution is 5.71. The fourth-order valence-corrected chi connectivity index (χ4v) is 1.72. The molecule has 2 aromatic carbocycles. The molecule has 0 spiro atoms. The second kappa shape index (κ2) is 4.37. The predicted molar refractivity (Wildman–Crippen MR) is 64.2 cm³/mol. The van der Waals surface area contributed by atoms with Crippen molar-refractivity contribution in [2.75, 3.05) is 0 Å². The molecular weight excluding hydrogens is 200 g/mol. The molecule has 0 amide bonds. The van der Waals surface area contributed by atoms with Crippen molar-refractivity contribution in [3.63, 3.8) is 0 Å². The third kappa shape index (κ3) is 2.07. The molecule has 2 aromatic rings. The van der Waals surface area contributed by atoms with Crippen molar-refractivity contribution in [1.82, 2.24) is 0 Å². The van der Waals surface area contributed by atoms with Crippen LogP contribution >= 0.6 is 0 Å². The SMILES string of the molecule is Cc1ccc(O)c(-c2cccc(CO)c2)c1. The summed E-state index contributed by atoms with van der Waals surface area (Å²) in [4.78, 5) is 0. The van der Waals surface area contributed by atoms with Gasteiger partial charge < -0.3 is 10.2 Å². The van der Waals surface area contributed by atoms with Gasteiger partial charge in [0, 0.05) is 5.56 Å². The third-order valence-electron chi connectivity index (χ3n) is 2.57. The van der Waals surface area contributed by atoms with Crippen LogP contribution < -0.4 is 0 Å². The number of phenols is 1. The van der Waals surface area contributed by atoms with Crippen molar-refractivity contribution in [1.29, 1.82) is 0 Å². The van der Waals surface area contributed by atoms with Crippen LogP contribution in [-0.2, 0) is 6.61 Å². The largest absolute Gasteiger partial charge is 0.507 e. The molecule has 0 aliphatic heterocycles. The molecule has 16 heavy (non-hydrogen) atoms. The van der Waals surface area contributed by atoms with Gasteiger partial charge in [-0.05, 0) is 36.2 Å². The Bertz CT molecular complexity index is 504. The van der Waals surface area contributed by atoms with E-state index in [1.807, 2.05) is 43.3 Å². The standard InChI is InChI=1S/C14H14O2/c1-10-5-6-14(16)13(7-10)12-4-2-3-11(8-12)9-15/h2-8,15-16H,9H2,1H3. The molecule has 2 heteroatoms. The van der Waals surface area contributed by atoms with Crippen molar-refractivity contribution in [2.24, 2.45) is 0 Å². The first-order valence-electron chi connectivity index (χ1n) is 5.20. The molecule has 0 radical (unpaired) electrons. The molecule has 2 nitrogen and oxygen atoms in total. The molecule has 0 atom stereocenters. The van der Waals surface area contributed by atoms with Gasteiger partial charge in [0.2, 0.25) is 0 Å². The monoisotopic (exact) mass is 214 g/mol. The summed E-state index contributed by atoms with van der Waals surface area (Å²) in [5.41, 5.74) is 3.67. The van der Waals surface area contributed by atoms with E-state index in [0.717, 1.165) is 22.3 Å². The van der Waals surface area contributed by atoms with Crippen LogP contribution in [0.15, 0.2) is 42.5 Å². The highest BCUT2D eigenvalue weighted by Gasteiger charge is 2.04. The van der Waals surface area contributed by atoms with Crippen molar-refractivity contribution in [3.05, 3.63) is 53.6 Å². The molecule has 0 fully saturated rings. The van der Waals surface area contributed by atoms with Crippen LogP contribution in [0.2, 0.25) is 0 Å². The van der Waals surface area contributed by atoms with Crippen molar-refractivity contribution in [3.8, 4) is 16.9 Å². The third-order valence-corrected chi connectivity index (χ3v) is 2.57. The number of aliphatic hydroxyl groups excluding tert-OH is 1. The maximum absolute atomic E-state index is 9.79. The second-order valence-electron chi connectivity index (χ2n) is 3.88. The molecular formula is C14H14O2. The Hall–Kier alpha value is -1.80. The van der Waals surface area contributed by atoms with Crippen LogP contribution in [0.5, 0.6) is 5.75 Å². The maximum atomic E-state index is 9.79. The van der Waals surface area contributed by atoms with Gasteiger partial charge in [-0.15, -0.1) is 0 Å². The lowest BCUT2D eigenvalue weighted by Gasteiger charge is -2.07. The number of hydrogen-bond donors (Lipinski definition) is 2. The zero-order chi connectivity index (χ0) is 11.5. The number of rotatable bonds is 2. The molecule has 0 aliphatic rings. The van der Waals surface area contributed by atoms with Gasteiger partial charge in [-0.3, -0.25) is 0 Å². The van der Waals surface area contributed by atoms with Crippen LogP contribution in [0.25, 0.3) is 11.1 Å². The molecule has 0 aromatic heterocycles. The fourth-order valence-electron chi connectivity index (χ4n) is 1.72. The lowest BCUT2D eigenvalue weighted by atomic mass is 10.0. The molecule has 0 saturated heterocycles. The van der Waals surface area contributed by atoms with Gasteiger partial charge >= 0.3 is 0 Å². The molecule has 0 heterocycles. The van der Waals surface area contributed by atoms with Crippen LogP contribution in [0, 0.1) is 6.92 Å². The second-order valence-corrected chi connectivity index (χ2v) is 3.88. The van der Waals surface area contributed by atoms with Crippen molar-refractivity contribution >= 4 is 0 Å². The first-order chi connectivity index (χ1) is 7.70. The van der Waals surface area contributed by atoms with Crippen LogP contribution in [0.4, 0.5) is 0 Å². The van der Waals surface area contributed by atoms with Crippen molar-refractivity contribution in [2.45, 2.75) is 13.5 Å². The van der Waals surface area contributed by atoms with Gasteiger partial charge in [0.25, 0.3) is 0 Å². The normalized spacial score (nSPS) is 10.4. The highest BCUT2D eigenvalue weighted by atomic mass is 16.3. The van der Waals surface area contributed by atoms with E-state index in [4.69, 9.17) is 5.11 Å². The predicted octanol–water partition coefficient (Wildman–Crippen LogP) is 2.86. The van der Waals surface area contributed by atoms with E-state index in [9.17, 15) is 5.11 Å². The van der Waals surface area contributed by atoms with Crippen LogP contribution in [0.3, 0.4) is 0 Å². The number of aliphatic hydroxyl groups is 1. The lowest BCUT2D eigenvalue weighted by molar-refractivity contribution is 0.282. The summed E-state index contributed by atoms with van der Waals surface area (Å²) in [6.45, 7) is 2.00. The minimum absolute atomic E-state index is 0.0143. The van der Waals surface area contributed by atoms with E-state index in [2.05, 4.69) is 0 Å². The van der Waals surface area contributed by atoms with Crippen molar-refractivity contribution < 1.29 is 10.2 Å². The summed E-state index contributed by atoms with van der Waals surface area (Å²) in [5.74, 6) is 0.265. The smallest absolute Gasteiger partial charge is 0.123 e. The van der Waals surface area contributed by atoms with Gasteiger partial charge in [-0.2, -0.15) is 0 Å². The Labute approximate surface area is 94.8 Å². The molecule has 82 valence electrons. The Morgan fingerprint density at radius 3 is 2.62 bits per heavy atom. The average Bonchev–Trinajstić information content (AvgIpc) is 2.32. The topological polar surface area (TPSA) is 40.5 Å². The summed E-state index contributed by atoms with van der Waals surface area (Å²) in [6, 6.07) is 13.0. The highest BCUT2D eigenvalue weighted by Crippen LogP contribution is 2.30. The van der Waals surface area contributed by atoms with Gasteiger partial charge in [-0.25, -0.2) is 0 Å². The minimum atomic E-state index is 0.0143. The summed E-state index contributed by atoms with van der Waals surface area (Å²) in [6.07, 6.45) is 0. The van der Waals surface area contributed by atoms with E-state index in [1.165, 1.54) is 0 Å². The van der Waals surface area contributed by atoms with E-state index in [0.29, 0.717) is 0 Å². The summed E-state index contributed by atoms with van der Waals surface area (Å²) in [5, 5.41) is 18.9. The minimum Gasteiger partial charge on any atom is -0.507 e. The first kappa shape index (κ1) is 10.7. The molecule has 2 N–H and O–H groups in total. The molecule has 0 saturated carbocycles. The summed E-state index contributed by atoms with van der Waals surface area (Å²) < 4.78 is 0. The number of aryl methyl sites for hydroxylation is 1. The van der Waals surface area contributed by atoms with E-state index >= 15 is 0 Å². The molecule has 0 aliphatic carbocycles. The number of aromatic hydroxyl groups is 1. The lowest BCUT2D eigenvalue weighted by Crippen LogP contribution is -1.85. The van der Waals surface area contributed by atoms with Crippen LogP contribution in [-0.4, -0.2) is 10.2 Å². The van der Waals surface area contributed by atoms with Gasteiger partial charge in [0.1, 0.15) is 5.75 Å². The zero-order valence-electron chi connectivity index (χ0n) is 9.14. The first-order valence-corrected chi connectivity index (χ1v) is 5.20. The van der Waals surface area contributed by atoms with Crippen LogP contribution in [0.1, 0.15) is 11.1 Å². The molecule has 0 bridgehead atoms. The zero-order valence-corrected chi connectivity index (χ0v) is 9.14. The van der Waals surface area contributed by atoms with E-state index in [1.54, 1.807) is 6.07 Å². The average molecular weight is 214 g/mol. The Morgan fingerprint density at radius 2 is 1.88 bits per heavy atom. The fraction of sp³-hybridized carbons (Fsp3) is 0.143. The van der Waals surface area contributed by atoms with E-state index < -0.39 is 0 Å². The number of hydrogen-bond acceptors (Lipinski definition) is 2. The quantitative estimate of drug-likeness (QED) is 0.807. The van der Waals surface area contributed by atoms with E-state index in [-0.39, 0.29) is 12.4 Å². The summed E-state index contributed by atoms with van der Waals surface area (Å²) >= 11 is 0. The number of phenolic OH excluding ortho intramolecular Hbond substituents is 1. The number of benzene rings is 2. The van der Waals surface area contributed by atoms with Gasteiger partial charge in [0.15, 0.2) is 0 Å². The summed E-state index contributed by atoms with van der Waals surface area (Å²) in [7, 11) is 0. The molecule has 0 unspecified atom stereocenters. The van der Waals surface area contributed by atoms with Gasteiger partial charge in [-0.1, -0.05) is 29.8 Å². The Morgan fingerprint density at radius 1 is 1.06 bits per heavy atom. The Balaban J connectivity index is 2.53. The Kier molecular flexibility index (Phi) is 2.93. The molecule has 2 rings (SSSR count). The maximum Gasteiger partial charge on any atom is 0.123 e. The van der Waals surface area contributed by atoms with Gasteiger partial charge in [0.05, 0.1) is 6.61 Å².